The molecule has 2 rings (SSSR count). The van der Waals surface area contributed by atoms with Crippen molar-refractivity contribution in [3.8, 4) is 5.75 Å². The van der Waals surface area contributed by atoms with Crippen molar-refractivity contribution >= 4 is 11.6 Å². The van der Waals surface area contributed by atoms with E-state index in [9.17, 15) is 8.78 Å². The molecule has 88 valence electrons. The largest absolute Gasteiger partial charge is 0.481 e. The predicted octanol–water partition coefficient (Wildman–Crippen LogP) is 3.15. The summed E-state index contributed by atoms with van der Waals surface area (Å²) in [5.74, 6) is 0.356. The van der Waals surface area contributed by atoms with Crippen molar-refractivity contribution < 1.29 is 13.5 Å². The molecule has 5 heteroatoms. The molecular weight excluding hydrogens is 236 g/mol. The number of nitrogens with two attached hydrogens (primary N) is 1. The first-order chi connectivity index (χ1) is 7.42. The van der Waals surface area contributed by atoms with E-state index in [-0.39, 0.29) is 6.42 Å². The Balaban J connectivity index is 2.42. The molecule has 0 saturated carbocycles. The van der Waals surface area contributed by atoms with Gasteiger partial charge in [-0.2, -0.15) is 0 Å². The average molecular weight is 248 g/mol. The van der Waals surface area contributed by atoms with E-state index in [1.807, 2.05) is 0 Å². The number of fused-ring (bicyclic) bond motifs is 1. The topological polar surface area (TPSA) is 35.2 Å². The predicted molar refractivity (Wildman–Crippen MR) is 58.0 cm³/mol. The van der Waals surface area contributed by atoms with Gasteiger partial charge in [0, 0.05) is 23.0 Å². The van der Waals surface area contributed by atoms with Crippen molar-refractivity contribution in [2.75, 3.05) is 0 Å². The number of halogens is 3. The van der Waals surface area contributed by atoms with Gasteiger partial charge in [-0.15, -0.1) is 0 Å². The van der Waals surface area contributed by atoms with Gasteiger partial charge in [-0.05, 0) is 19.1 Å². The number of alkyl halides is 2. The highest BCUT2D eigenvalue weighted by Gasteiger charge is 2.43. The maximum absolute atomic E-state index is 12.9. The van der Waals surface area contributed by atoms with Gasteiger partial charge in [0.15, 0.2) is 5.60 Å². The Labute approximate surface area is 97.3 Å². The number of rotatable bonds is 1. The van der Waals surface area contributed by atoms with E-state index in [1.54, 1.807) is 12.1 Å². The maximum Gasteiger partial charge on any atom is 0.277 e. The van der Waals surface area contributed by atoms with Crippen molar-refractivity contribution in [1.29, 1.82) is 0 Å². The van der Waals surface area contributed by atoms with Gasteiger partial charge in [-0.3, -0.25) is 0 Å². The molecule has 2 N–H and O–H groups in total. The molecule has 1 aromatic carbocycles. The summed E-state index contributed by atoms with van der Waals surface area (Å²) in [5.41, 5.74) is 5.05. The highest BCUT2D eigenvalue weighted by atomic mass is 35.5. The average Bonchev–Trinajstić information content (AvgIpc) is 2.16. The molecule has 0 fully saturated rings. The van der Waals surface area contributed by atoms with Crippen molar-refractivity contribution in [2.24, 2.45) is 5.73 Å². The molecule has 16 heavy (non-hydrogen) atoms. The van der Waals surface area contributed by atoms with Crippen LogP contribution in [0.25, 0.3) is 0 Å². The van der Waals surface area contributed by atoms with Crippen molar-refractivity contribution in [3.63, 3.8) is 0 Å². The van der Waals surface area contributed by atoms with Crippen LogP contribution in [0.2, 0.25) is 5.02 Å². The highest BCUT2D eigenvalue weighted by molar-refractivity contribution is 6.30. The first-order valence-corrected chi connectivity index (χ1v) is 5.32. The van der Waals surface area contributed by atoms with Gasteiger partial charge in [-0.1, -0.05) is 17.7 Å². The second-order valence-corrected chi connectivity index (χ2v) is 4.64. The summed E-state index contributed by atoms with van der Waals surface area (Å²) in [7, 11) is 0. The molecule has 2 atom stereocenters. The lowest BCUT2D eigenvalue weighted by Gasteiger charge is -2.38. The van der Waals surface area contributed by atoms with Crippen LogP contribution in [0.5, 0.6) is 5.75 Å². The summed E-state index contributed by atoms with van der Waals surface area (Å²) >= 11 is 5.79. The van der Waals surface area contributed by atoms with E-state index in [0.29, 0.717) is 10.8 Å². The smallest absolute Gasteiger partial charge is 0.277 e. The molecule has 1 heterocycles. The summed E-state index contributed by atoms with van der Waals surface area (Å²) in [5, 5.41) is 0.449. The Hall–Kier alpha value is -0.870. The molecule has 0 unspecified atom stereocenters. The van der Waals surface area contributed by atoms with Crippen LogP contribution in [0.3, 0.4) is 0 Å². The quantitative estimate of drug-likeness (QED) is 0.827. The summed E-state index contributed by atoms with van der Waals surface area (Å²) in [6.45, 7) is 1.36. The fraction of sp³-hybridized carbons (Fsp3) is 0.455. The Kier molecular flexibility index (Phi) is 2.80. The van der Waals surface area contributed by atoms with Crippen LogP contribution in [-0.4, -0.2) is 12.0 Å². The summed E-state index contributed by atoms with van der Waals surface area (Å²) < 4.78 is 31.0. The van der Waals surface area contributed by atoms with Crippen LogP contribution >= 0.6 is 11.6 Å². The zero-order chi connectivity index (χ0) is 11.9. The monoisotopic (exact) mass is 247 g/mol. The van der Waals surface area contributed by atoms with Crippen LogP contribution in [0.1, 0.15) is 24.9 Å². The molecule has 0 amide bonds. The minimum absolute atomic E-state index is 0.0965. The summed E-state index contributed by atoms with van der Waals surface area (Å²) in [6, 6.07) is 4.47. The molecule has 1 aliphatic rings. The molecule has 2 nitrogen and oxygen atoms in total. The zero-order valence-corrected chi connectivity index (χ0v) is 9.47. The van der Waals surface area contributed by atoms with Gasteiger partial charge in [0.05, 0.1) is 0 Å². The first kappa shape index (κ1) is 11.6. The van der Waals surface area contributed by atoms with E-state index in [0.717, 1.165) is 5.56 Å². The zero-order valence-electron chi connectivity index (χ0n) is 8.71. The van der Waals surface area contributed by atoms with E-state index in [4.69, 9.17) is 22.1 Å². The lowest BCUT2D eigenvalue weighted by Crippen LogP contribution is -2.46. The second-order valence-electron chi connectivity index (χ2n) is 4.21. The molecule has 1 aliphatic heterocycles. The third-order valence-corrected chi connectivity index (χ3v) is 3.04. The van der Waals surface area contributed by atoms with Crippen molar-refractivity contribution in [2.45, 2.75) is 31.4 Å². The minimum Gasteiger partial charge on any atom is -0.481 e. The van der Waals surface area contributed by atoms with Gasteiger partial charge >= 0.3 is 0 Å². The van der Waals surface area contributed by atoms with E-state index in [2.05, 4.69) is 0 Å². The van der Waals surface area contributed by atoms with Crippen LogP contribution in [0.4, 0.5) is 8.78 Å². The maximum atomic E-state index is 12.9. The van der Waals surface area contributed by atoms with Crippen LogP contribution in [-0.2, 0) is 0 Å². The number of hydrogen-bond acceptors (Lipinski definition) is 2. The molecule has 0 spiro atoms. The Morgan fingerprint density at radius 3 is 2.88 bits per heavy atom. The number of benzene rings is 1. The summed E-state index contributed by atoms with van der Waals surface area (Å²) in [6.07, 6.45) is -2.48. The molecule has 0 bridgehead atoms. The van der Waals surface area contributed by atoms with Gasteiger partial charge < -0.3 is 10.5 Å². The minimum atomic E-state index is -2.58. The van der Waals surface area contributed by atoms with Gasteiger partial charge in [-0.25, -0.2) is 8.78 Å². The molecule has 0 saturated heterocycles. The fourth-order valence-corrected chi connectivity index (χ4v) is 2.04. The van der Waals surface area contributed by atoms with Gasteiger partial charge in [0.1, 0.15) is 5.75 Å². The first-order valence-electron chi connectivity index (χ1n) is 4.94. The molecular formula is C11H12ClF2NO. The molecule has 0 aliphatic carbocycles. The lowest BCUT2D eigenvalue weighted by atomic mass is 9.89. The van der Waals surface area contributed by atoms with E-state index >= 15 is 0 Å². The van der Waals surface area contributed by atoms with E-state index in [1.165, 1.54) is 13.0 Å². The molecule has 0 aromatic heterocycles. The van der Waals surface area contributed by atoms with Crippen molar-refractivity contribution in [1.82, 2.24) is 0 Å². The van der Waals surface area contributed by atoms with Crippen LogP contribution in [0.15, 0.2) is 18.2 Å². The number of ether oxygens (including phenoxy) is 1. The third kappa shape index (κ3) is 1.87. The van der Waals surface area contributed by atoms with Gasteiger partial charge in [0.2, 0.25) is 0 Å². The normalized spacial score (nSPS) is 28.8. The Morgan fingerprint density at radius 2 is 2.25 bits per heavy atom. The highest BCUT2D eigenvalue weighted by Crippen LogP contribution is 2.41. The molecule has 0 radical (unpaired) electrons. The standard InChI is InChI=1S/C11H12ClF2NO/c1-11(10(13)14)5-8(15)7-3-2-6(12)4-9(7)16-11/h2-4,8,10H,5,15H2,1H3/t8-,11-/m1/s1. The third-order valence-electron chi connectivity index (χ3n) is 2.81. The Bertz CT molecular complexity index is 413. The Morgan fingerprint density at radius 1 is 1.56 bits per heavy atom. The van der Waals surface area contributed by atoms with E-state index < -0.39 is 18.1 Å². The number of hydrogen-bond donors (Lipinski definition) is 1. The summed E-state index contributed by atoms with van der Waals surface area (Å²) in [4.78, 5) is 0. The second kappa shape index (κ2) is 3.86. The lowest BCUT2D eigenvalue weighted by molar-refractivity contribution is -0.0808. The molecule has 1 aromatic rings. The van der Waals surface area contributed by atoms with Crippen LogP contribution < -0.4 is 10.5 Å². The van der Waals surface area contributed by atoms with Crippen molar-refractivity contribution in [3.05, 3.63) is 28.8 Å². The van der Waals surface area contributed by atoms with Crippen LogP contribution in [0, 0.1) is 0 Å². The fourth-order valence-electron chi connectivity index (χ4n) is 1.88. The van der Waals surface area contributed by atoms with Gasteiger partial charge in [0.25, 0.3) is 6.43 Å². The SMILES string of the molecule is C[C@]1(C(F)F)C[C@@H](N)c2ccc(Cl)cc2O1.